The van der Waals surface area contributed by atoms with Crippen LogP contribution in [0.2, 0.25) is 0 Å². The summed E-state index contributed by atoms with van der Waals surface area (Å²) in [6, 6.07) is 9.85. The number of anilines is 1. The van der Waals surface area contributed by atoms with E-state index in [-0.39, 0.29) is 5.91 Å². The average Bonchev–Trinajstić information content (AvgIpc) is 3.13. The van der Waals surface area contributed by atoms with Gasteiger partial charge in [0.15, 0.2) is 0 Å². The fourth-order valence-electron chi connectivity index (χ4n) is 3.08. The zero-order valence-corrected chi connectivity index (χ0v) is 14.7. The minimum atomic E-state index is 0.0483. The Balaban J connectivity index is 1.48. The van der Waals surface area contributed by atoms with Crippen LogP contribution in [0, 0.1) is 0 Å². The van der Waals surface area contributed by atoms with Crippen molar-refractivity contribution in [1.82, 2.24) is 19.9 Å². The van der Waals surface area contributed by atoms with Gasteiger partial charge in [-0.25, -0.2) is 4.98 Å². The van der Waals surface area contributed by atoms with E-state index in [1.54, 1.807) is 6.20 Å². The summed E-state index contributed by atoms with van der Waals surface area (Å²) in [5.41, 5.74) is 2.64. The standard InChI is InChI=1S/C17H18BrN5O/c18-12-10-15(19-11-12)16(24)22-6-3-7-23(9-8-22)17-20-13-4-1-2-5-14(13)21-17/h1-2,4-5,10-11,19H,3,6-9H2,(H,20,21). The first-order valence-electron chi connectivity index (χ1n) is 8.03. The highest BCUT2D eigenvalue weighted by atomic mass is 79.9. The van der Waals surface area contributed by atoms with Gasteiger partial charge in [-0.3, -0.25) is 4.79 Å². The number of halogens is 1. The van der Waals surface area contributed by atoms with Gasteiger partial charge < -0.3 is 19.8 Å². The number of amides is 1. The summed E-state index contributed by atoms with van der Waals surface area (Å²) in [4.78, 5) is 27.8. The molecular weight excluding hydrogens is 370 g/mol. The number of benzene rings is 1. The van der Waals surface area contributed by atoms with Crippen molar-refractivity contribution in [3.05, 3.63) is 46.7 Å². The van der Waals surface area contributed by atoms with Crippen LogP contribution in [0.4, 0.5) is 5.95 Å². The number of aromatic amines is 2. The van der Waals surface area contributed by atoms with Crippen molar-refractivity contribution in [1.29, 1.82) is 0 Å². The first-order valence-corrected chi connectivity index (χ1v) is 8.83. The van der Waals surface area contributed by atoms with Gasteiger partial charge in [-0.05, 0) is 40.5 Å². The molecule has 0 saturated carbocycles. The highest BCUT2D eigenvalue weighted by Crippen LogP contribution is 2.19. The van der Waals surface area contributed by atoms with Crippen molar-refractivity contribution in [3.8, 4) is 0 Å². The number of para-hydroxylation sites is 2. The average molecular weight is 388 g/mol. The number of hydrogen-bond donors (Lipinski definition) is 2. The smallest absolute Gasteiger partial charge is 0.270 e. The molecule has 1 fully saturated rings. The van der Waals surface area contributed by atoms with Crippen molar-refractivity contribution < 1.29 is 4.79 Å². The zero-order valence-electron chi connectivity index (χ0n) is 13.1. The van der Waals surface area contributed by atoms with Crippen LogP contribution in [-0.2, 0) is 0 Å². The van der Waals surface area contributed by atoms with Crippen molar-refractivity contribution in [2.75, 3.05) is 31.1 Å². The number of carbonyl (C=O) groups is 1. The Morgan fingerprint density at radius 2 is 2.04 bits per heavy atom. The van der Waals surface area contributed by atoms with Crippen LogP contribution in [0.15, 0.2) is 41.0 Å². The maximum Gasteiger partial charge on any atom is 0.270 e. The van der Waals surface area contributed by atoms with Crippen LogP contribution in [-0.4, -0.2) is 51.9 Å². The van der Waals surface area contributed by atoms with Gasteiger partial charge in [0.2, 0.25) is 5.95 Å². The third-order valence-electron chi connectivity index (χ3n) is 4.34. The quantitative estimate of drug-likeness (QED) is 0.709. The van der Waals surface area contributed by atoms with Crippen LogP contribution < -0.4 is 4.90 Å². The van der Waals surface area contributed by atoms with E-state index in [9.17, 15) is 4.79 Å². The maximum absolute atomic E-state index is 12.6. The lowest BCUT2D eigenvalue weighted by Gasteiger charge is -2.21. The van der Waals surface area contributed by atoms with Gasteiger partial charge in [-0.15, -0.1) is 0 Å². The van der Waals surface area contributed by atoms with E-state index in [2.05, 4.69) is 35.8 Å². The van der Waals surface area contributed by atoms with Crippen LogP contribution in [0.25, 0.3) is 11.0 Å². The molecule has 1 aromatic carbocycles. The normalized spacial score (nSPS) is 15.7. The van der Waals surface area contributed by atoms with E-state index in [1.165, 1.54) is 0 Å². The Morgan fingerprint density at radius 1 is 1.17 bits per heavy atom. The fraction of sp³-hybridized carbons (Fsp3) is 0.294. The molecule has 3 heterocycles. The van der Waals surface area contributed by atoms with Crippen molar-refractivity contribution in [2.45, 2.75) is 6.42 Å². The van der Waals surface area contributed by atoms with Gasteiger partial charge >= 0.3 is 0 Å². The lowest BCUT2D eigenvalue weighted by atomic mass is 10.3. The van der Waals surface area contributed by atoms with Crippen LogP contribution in [0.1, 0.15) is 16.9 Å². The molecule has 0 atom stereocenters. The predicted octanol–water partition coefficient (Wildman–Crippen LogP) is 3.01. The van der Waals surface area contributed by atoms with E-state index in [0.717, 1.165) is 47.5 Å². The Kier molecular flexibility index (Phi) is 4.02. The number of nitrogens with zero attached hydrogens (tertiary/aromatic N) is 3. The molecule has 1 saturated heterocycles. The molecule has 1 aliphatic heterocycles. The van der Waals surface area contributed by atoms with Crippen LogP contribution in [0.5, 0.6) is 0 Å². The molecule has 124 valence electrons. The zero-order chi connectivity index (χ0) is 16.5. The molecule has 6 nitrogen and oxygen atoms in total. The van der Waals surface area contributed by atoms with E-state index in [4.69, 9.17) is 0 Å². The molecule has 7 heteroatoms. The molecule has 1 aliphatic rings. The summed E-state index contributed by atoms with van der Waals surface area (Å²) < 4.78 is 0.893. The van der Waals surface area contributed by atoms with E-state index in [0.29, 0.717) is 12.2 Å². The number of aromatic nitrogens is 3. The van der Waals surface area contributed by atoms with Gasteiger partial charge in [0.1, 0.15) is 5.69 Å². The Labute approximate surface area is 148 Å². The van der Waals surface area contributed by atoms with E-state index < -0.39 is 0 Å². The largest absolute Gasteiger partial charge is 0.356 e. The number of imidazole rings is 1. The third kappa shape index (κ3) is 2.91. The SMILES string of the molecule is O=C(c1cc(Br)c[nH]1)N1CCCN(c2nc3ccccc3[nH]2)CC1. The number of fused-ring (bicyclic) bond motifs is 1. The summed E-state index contributed by atoms with van der Waals surface area (Å²) >= 11 is 3.37. The Hall–Kier alpha value is -2.28. The Morgan fingerprint density at radius 3 is 2.83 bits per heavy atom. The van der Waals surface area contributed by atoms with Gasteiger partial charge in [0.25, 0.3) is 5.91 Å². The van der Waals surface area contributed by atoms with Gasteiger partial charge in [-0.2, -0.15) is 0 Å². The molecule has 0 unspecified atom stereocenters. The number of rotatable bonds is 2. The summed E-state index contributed by atoms with van der Waals surface area (Å²) in [7, 11) is 0. The number of nitrogens with one attached hydrogen (secondary N) is 2. The van der Waals surface area contributed by atoms with Crippen LogP contribution >= 0.6 is 15.9 Å². The Bertz CT molecular complexity index is 838. The monoisotopic (exact) mass is 387 g/mol. The van der Waals surface area contributed by atoms with Crippen LogP contribution in [0.3, 0.4) is 0 Å². The second-order valence-corrected chi connectivity index (χ2v) is 6.86. The molecule has 4 rings (SSSR count). The second kappa shape index (κ2) is 6.32. The van der Waals surface area contributed by atoms with Gasteiger partial charge in [0, 0.05) is 36.8 Å². The summed E-state index contributed by atoms with van der Waals surface area (Å²) in [5, 5.41) is 0. The number of carbonyl (C=O) groups excluding carboxylic acids is 1. The third-order valence-corrected chi connectivity index (χ3v) is 4.80. The lowest BCUT2D eigenvalue weighted by Crippen LogP contribution is -2.35. The highest BCUT2D eigenvalue weighted by molar-refractivity contribution is 9.10. The number of hydrogen-bond acceptors (Lipinski definition) is 3. The molecule has 24 heavy (non-hydrogen) atoms. The first kappa shape index (κ1) is 15.3. The molecule has 3 aromatic rings. The molecule has 1 amide bonds. The predicted molar refractivity (Wildman–Crippen MR) is 97.3 cm³/mol. The minimum Gasteiger partial charge on any atom is -0.356 e. The topological polar surface area (TPSA) is 68.0 Å². The number of H-pyrrole nitrogens is 2. The highest BCUT2D eigenvalue weighted by Gasteiger charge is 2.22. The molecular formula is C17H18BrN5O. The lowest BCUT2D eigenvalue weighted by molar-refractivity contribution is 0.0762. The summed E-state index contributed by atoms with van der Waals surface area (Å²) in [5.74, 6) is 0.931. The van der Waals surface area contributed by atoms with Gasteiger partial charge in [-0.1, -0.05) is 12.1 Å². The maximum atomic E-state index is 12.6. The van der Waals surface area contributed by atoms with E-state index in [1.807, 2.05) is 35.2 Å². The first-order chi connectivity index (χ1) is 11.7. The minimum absolute atomic E-state index is 0.0483. The summed E-state index contributed by atoms with van der Waals surface area (Å²) in [6.07, 6.45) is 2.70. The van der Waals surface area contributed by atoms with E-state index >= 15 is 0 Å². The molecule has 0 spiro atoms. The van der Waals surface area contributed by atoms with Crippen molar-refractivity contribution in [3.63, 3.8) is 0 Å². The van der Waals surface area contributed by atoms with Crippen molar-refractivity contribution >= 4 is 38.8 Å². The van der Waals surface area contributed by atoms with Crippen molar-refractivity contribution in [2.24, 2.45) is 0 Å². The molecule has 2 aromatic heterocycles. The molecule has 2 N–H and O–H groups in total. The molecule has 0 radical (unpaired) electrons. The van der Waals surface area contributed by atoms with Gasteiger partial charge in [0.05, 0.1) is 11.0 Å². The fourth-order valence-corrected chi connectivity index (χ4v) is 3.43. The summed E-state index contributed by atoms with van der Waals surface area (Å²) in [6.45, 7) is 3.10. The molecule has 0 aliphatic carbocycles. The second-order valence-electron chi connectivity index (χ2n) is 5.94. The molecule has 0 bridgehead atoms.